The third kappa shape index (κ3) is 3.83. The lowest BCUT2D eigenvalue weighted by Crippen LogP contribution is -2.26. The maximum atomic E-state index is 12.2. The van der Waals surface area contributed by atoms with Crippen molar-refractivity contribution in [3.8, 4) is 0 Å². The Bertz CT molecular complexity index is 868. The standard InChI is InChI=1S/C14H19N3O4S/c1-2-3-4-5-8-15-22(20,21)10-6-7-12-11(9-10)13(18)17-14(19)16-12/h6-7,9,15H,2-5,8H2,1H3,(H2,16,17,18,19). The summed E-state index contributed by atoms with van der Waals surface area (Å²) in [5, 5.41) is 0.133. The minimum absolute atomic E-state index is 0.00744. The van der Waals surface area contributed by atoms with Crippen LogP contribution in [-0.4, -0.2) is 24.9 Å². The first-order valence-corrected chi connectivity index (χ1v) is 8.68. The molecule has 0 radical (unpaired) electrons. The third-order valence-electron chi connectivity index (χ3n) is 3.34. The molecule has 0 atom stereocenters. The predicted molar refractivity (Wildman–Crippen MR) is 84.5 cm³/mol. The van der Waals surface area contributed by atoms with Gasteiger partial charge in [-0.2, -0.15) is 0 Å². The van der Waals surface area contributed by atoms with Crippen molar-refractivity contribution in [2.45, 2.75) is 37.5 Å². The minimum atomic E-state index is -3.66. The average Bonchev–Trinajstić information content (AvgIpc) is 2.46. The Morgan fingerprint density at radius 2 is 1.86 bits per heavy atom. The lowest BCUT2D eigenvalue weighted by molar-refractivity contribution is 0.574. The zero-order valence-electron chi connectivity index (χ0n) is 12.3. The summed E-state index contributed by atoms with van der Waals surface area (Å²) in [4.78, 5) is 27.4. The van der Waals surface area contributed by atoms with E-state index in [-0.39, 0.29) is 10.3 Å². The van der Waals surface area contributed by atoms with Crippen LogP contribution in [0.5, 0.6) is 0 Å². The van der Waals surface area contributed by atoms with Crippen LogP contribution in [0.4, 0.5) is 0 Å². The summed E-state index contributed by atoms with van der Waals surface area (Å²) < 4.78 is 26.9. The second-order valence-corrected chi connectivity index (χ2v) is 6.84. The van der Waals surface area contributed by atoms with Crippen LogP contribution in [0.1, 0.15) is 32.6 Å². The number of benzene rings is 1. The van der Waals surface area contributed by atoms with Crippen LogP contribution in [0, 0.1) is 0 Å². The van der Waals surface area contributed by atoms with Gasteiger partial charge in [-0.25, -0.2) is 17.9 Å². The van der Waals surface area contributed by atoms with Gasteiger partial charge >= 0.3 is 5.69 Å². The van der Waals surface area contributed by atoms with E-state index in [4.69, 9.17) is 0 Å². The number of nitrogens with one attached hydrogen (secondary N) is 3. The lowest BCUT2D eigenvalue weighted by Gasteiger charge is -2.07. The summed E-state index contributed by atoms with van der Waals surface area (Å²) in [7, 11) is -3.66. The second kappa shape index (κ2) is 6.89. The largest absolute Gasteiger partial charge is 0.326 e. The number of fused-ring (bicyclic) bond motifs is 1. The van der Waals surface area contributed by atoms with E-state index < -0.39 is 21.3 Å². The fourth-order valence-electron chi connectivity index (χ4n) is 2.15. The zero-order chi connectivity index (χ0) is 16.2. The van der Waals surface area contributed by atoms with Crippen molar-refractivity contribution < 1.29 is 8.42 Å². The van der Waals surface area contributed by atoms with Crippen molar-refractivity contribution in [3.63, 3.8) is 0 Å². The molecule has 0 spiro atoms. The highest BCUT2D eigenvalue weighted by Crippen LogP contribution is 2.14. The van der Waals surface area contributed by atoms with Crippen LogP contribution in [0.2, 0.25) is 0 Å². The number of unbranched alkanes of at least 4 members (excludes halogenated alkanes) is 3. The first-order chi connectivity index (χ1) is 10.4. The van der Waals surface area contributed by atoms with Crippen LogP contribution in [-0.2, 0) is 10.0 Å². The number of hydrogen-bond donors (Lipinski definition) is 3. The first kappa shape index (κ1) is 16.4. The van der Waals surface area contributed by atoms with E-state index >= 15 is 0 Å². The number of H-pyrrole nitrogens is 2. The van der Waals surface area contributed by atoms with E-state index in [1.165, 1.54) is 18.2 Å². The fraction of sp³-hybridized carbons (Fsp3) is 0.429. The molecule has 0 unspecified atom stereocenters. The average molecular weight is 325 g/mol. The monoisotopic (exact) mass is 325 g/mol. The minimum Gasteiger partial charge on any atom is -0.307 e. The molecule has 0 aliphatic heterocycles. The van der Waals surface area contributed by atoms with Crippen LogP contribution < -0.4 is 16.0 Å². The van der Waals surface area contributed by atoms with Crippen LogP contribution in [0.25, 0.3) is 10.9 Å². The molecule has 7 nitrogen and oxygen atoms in total. The van der Waals surface area contributed by atoms with Crippen LogP contribution >= 0.6 is 0 Å². The van der Waals surface area contributed by atoms with Gasteiger partial charge in [0.2, 0.25) is 10.0 Å². The summed E-state index contributed by atoms with van der Waals surface area (Å²) in [5.74, 6) is 0. The molecule has 0 fully saturated rings. The van der Waals surface area contributed by atoms with Gasteiger partial charge in [0.15, 0.2) is 0 Å². The summed E-state index contributed by atoms with van der Waals surface area (Å²) >= 11 is 0. The Kier molecular flexibility index (Phi) is 5.15. The number of sulfonamides is 1. The Balaban J connectivity index is 2.23. The van der Waals surface area contributed by atoms with Gasteiger partial charge in [-0.3, -0.25) is 9.78 Å². The Labute approximate surface area is 127 Å². The molecular formula is C14H19N3O4S. The number of rotatable bonds is 7. The van der Waals surface area contributed by atoms with Crippen LogP contribution in [0.3, 0.4) is 0 Å². The van der Waals surface area contributed by atoms with Gasteiger partial charge in [-0.15, -0.1) is 0 Å². The van der Waals surface area contributed by atoms with Gasteiger partial charge in [-0.1, -0.05) is 26.2 Å². The summed E-state index contributed by atoms with van der Waals surface area (Å²) in [6.07, 6.45) is 3.89. The highest BCUT2D eigenvalue weighted by molar-refractivity contribution is 7.89. The molecule has 1 aromatic carbocycles. The van der Waals surface area contributed by atoms with Crippen molar-refractivity contribution in [2.24, 2.45) is 0 Å². The molecule has 0 amide bonds. The fourth-order valence-corrected chi connectivity index (χ4v) is 3.25. The van der Waals surface area contributed by atoms with E-state index in [1.54, 1.807) is 0 Å². The maximum absolute atomic E-state index is 12.2. The summed E-state index contributed by atoms with van der Waals surface area (Å²) in [6.45, 7) is 2.45. The highest BCUT2D eigenvalue weighted by atomic mass is 32.2. The van der Waals surface area contributed by atoms with Crippen molar-refractivity contribution in [2.75, 3.05) is 6.54 Å². The Hall–Kier alpha value is -1.93. The van der Waals surface area contributed by atoms with E-state index in [1.807, 2.05) is 0 Å². The molecule has 1 aromatic heterocycles. The van der Waals surface area contributed by atoms with E-state index in [0.717, 1.165) is 25.7 Å². The quantitative estimate of drug-likeness (QED) is 0.661. The normalized spacial score (nSPS) is 11.9. The SMILES string of the molecule is CCCCCCNS(=O)(=O)c1ccc2[nH]c(=O)[nH]c(=O)c2c1. The second-order valence-electron chi connectivity index (χ2n) is 5.07. The Morgan fingerprint density at radius 3 is 2.59 bits per heavy atom. The number of aromatic nitrogens is 2. The van der Waals surface area contributed by atoms with E-state index in [2.05, 4.69) is 21.6 Å². The zero-order valence-corrected chi connectivity index (χ0v) is 13.1. The molecule has 0 aliphatic rings. The summed E-state index contributed by atoms with van der Waals surface area (Å²) in [5.41, 5.74) is -0.934. The molecule has 22 heavy (non-hydrogen) atoms. The molecule has 3 N–H and O–H groups in total. The lowest BCUT2D eigenvalue weighted by atomic mass is 10.2. The van der Waals surface area contributed by atoms with Gasteiger partial charge in [-0.05, 0) is 24.6 Å². The summed E-state index contributed by atoms with van der Waals surface area (Å²) in [6, 6.07) is 4.04. The smallest absolute Gasteiger partial charge is 0.307 e. The van der Waals surface area contributed by atoms with Crippen LogP contribution in [0.15, 0.2) is 32.7 Å². The maximum Gasteiger partial charge on any atom is 0.326 e. The van der Waals surface area contributed by atoms with Crippen molar-refractivity contribution >= 4 is 20.9 Å². The number of aromatic amines is 2. The topological polar surface area (TPSA) is 112 Å². The third-order valence-corrected chi connectivity index (χ3v) is 4.80. The molecule has 120 valence electrons. The van der Waals surface area contributed by atoms with Crippen molar-refractivity contribution in [1.82, 2.24) is 14.7 Å². The van der Waals surface area contributed by atoms with Gasteiger partial charge in [0.25, 0.3) is 5.56 Å². The first-order valence-electron chi connectivity index (χ1n) is 7.20. The molecule has 8 heteroatoms. The molecule has 0 bridgehead atoms. The van der Waals surface area contributed by atoms with E-state index in [0.29, 0.717) is 12.1 Å². The molecule has 1 heterocycles. The molecule has 2 aromatic rings. The Morgan fingerprint density at radius 1 is 1.09 bits per heavy atom. The van der Waals surface area contributed by atoms with Crippen molar-refractivity contribution in [1.29, 1.82) is 0 Å². The predicted octanol–water partition coefficient (Wildman–Crippen LogP) is 1.07. The molecule has 0 saturated heterocycles. The molecule has 0 saturated carbocycles. The molecule has 0 aliphatic carbocycles. The van der Waals surface area contributed by atoms with Crippen molar-refractivity contribution in [3.05, 3.63) is 39.0 Å². The van der Waals surface area contributed by atoms with Gasteiger partial charge in [0.1, 0.15) is 0 Å². The van der Waals surface area contributed by atoms with Gasteiger partial charge in [0, 0.05) is 6.54 Å². The van der Waals surface area contributed by atoms with Gasteiger partial charge < -0.3 is 4.98 Å². The highest BCUT2D eigenvalue weighted by Gasteiger charge is 2.14. The van der Waals surface area contributed by atoms with E-state index in [9.17, 15) is 18.0 Å². The van der Waals surface area contributed by atoms with Gasteiger partial charge in [0.05, 0.1) is 15.8 Å². The number of hydrogen-bond acceptors (Lipinski definition) is 4. The molecule has 2 rings (SSSR count). The molecular weight excluding hydrogens is 306 g/mol.